The second-order valence-corrected chi connectivity index (χ2v) is 26.9. The van der Waals surface area contributed by atoms with Crippen LogP contribution in [0.4, 0.5) is 0 Å². The van der Waals surface area contributed by atoms with Crippen molar-refractivity contribution in [2.45, 2.75) is 170 Å². The van der Waals surface area contributed by atoms with Crippen molar-refractivity contribution in [3.8, 4) is 11.8 Å². The third-order valence-corrected chi connectivity index (χ3v) is 19.2. The maximum Gasteiger partial charge on any atom is 0.261 e. The molecule has 3 aliphatic heterocycles. The summed E-state index contributed by atoms with van der Waals surface area (Å²) in [4.78, 5) is 0. The van der Waals surface area contributed by atoms with Crippen LogP contribution in [0.2, 0.25) is 0 Å². The maximum atomic E-state index is 14.3. The number of hydrogen-bond donors (Lipinski definition) is 1. The number of hydrogen-bond acceptors (Lipinski definition) is 15. The Morgan fingerprint density at radius 1 is 0.292 bits per heavy atom. The fourth-order valence-corrected chi connectivity index (χ4v) is 13.8. The zero-order chi connectivity index (χ0) is 72.2. The largest absolute Gasteiger partial charge is 0.374 e. The van der Waals surface area contributed by atoms with Crippen LogP contribution in [0.5, 0.6) is 0 Å². The van der Waals surface area contributed by atoms with Gasteiger partial charge in [0.25, 0.3) is 5.79 Å². The third-order valence-electron chi connectivity index (χ3n) is 19.2. The molecule has 10 aromatic carbocycles. The smallest absolute Gasteiger partial charge is 0.261 e. The van der Waals surface area contributed by atoms with Crippen LogP contribution in [0.25, 0.3) is 0 Å². The van der Waals surface area contributed by atoms with Crippen molar-refractivity contribution in [1.82, 2.24) is 0 Å². The van der Waals surface area contributed by atoms with Gasteiger partial charge in [0, 0.05) is 7.11 Å². The molecule has 15 atom stereocenters. The van der Waals surface area contributed by atoms with Gasteiger partial charge in [-0.15, -0.1) is 0 Å². The lowest BCUT2D eigenvalue weighted by atomic mass is 9.86. The van der Waals surface area contributed by atoms with Gasteiger partial charge in [-0.1, -0.05) is 309 Å². The summed E-state index contributed by atoms with van der Waals surface area (Å²) >= 11 is 0. The second kappa shape index (κ2) is 39.7. The Hall–Kier alpha value is -8.84. The molecule has 0 aliphatic carbocycles. The van der Waals surface area contributed by atoms with Crippen LogP contribution in [0.3, 0.4) is 0 Å². The van der Waals surface area contributed by atoms with Crippen LogP contribution in [-0.2, 0) is 132 Å². The molecule has 0 aromatic heterocycles. The van der Waals surface area contributed by atoms with E-state index in [1.165, 1.54) is 0 Å². The first-order valence-electron chi connectivity index (χ1n) is 36.7. The van der Waals surface area contributed by atoms with Gasteiger partial charge in [0.05, 0.1) is 84.9 Å². The summed E-state index contributed by atoms with van der Waals surface area (Å²) in [7, 11) is 1.57. The van der Waals surface area contributed by atoms with E-state index in [1.807, 2.05) is 291 Å². The van der Waals surface area contributed by atoms with Crippen LogP contribution in [0.1, 0.15) is 68.5 Å². The Kier molecular flexibility index (Phi) is 28.2. The molecule has 13 rings (SSSR count). The number of aliphatic hydroxyl groups is 1. The van der Waals surface area contributed by atoms with E-state index in [9.17, 15) is 5.11 Å². The van der Waals surface area contributed by atoms with E-state index in [2.05, 4.69) is 24.0 Å². The van der Waals surface area contributed by atoms with Crippen LogP contribution in [0, 0.1) is 11.8 Å². The molecule has 3 heterocycles. The number of rotatable bonds is 35. The molecule has 0 bridgehead atoms. The molecule has 0 radical (unpaired) electrons. The molecule has 0 amide bonds. The lowest BCUT2D eigenvalue weighted by Gasteiger charge is -2.50. The molecule has 15 heteroatoms. The Labute approximate surface area is 623 Å². The molecule has 3 aliphatic rings. The van der Waals surface area contributed by atoms with Crippen molar-refractivity contribution in [2.75, 3.05) is 13.7 Å². The van der Waals surface area contributed by atoms with E-state index in [1.54, 1.807) is 7.11 Å². The molecule has 0 spiro atoms. The molecule has 3 saturated heterocycles. The van der Waals surface area contributed by atoms with Gasteiger partial charge in [0.1, 0.15) is 61.0 Å². The van der Waals surface area contributed by atoms with Gasteiger partial charge >= 0.3 is 0 Å². The van der Waals surface area contributed by atoms with Gasteiger partial charge < -0.3 is 71.4 Å². The van der Waals surface area contributed by atoms with Gasteiger partial charge in [-0.3, -0.25) is 0 Å². The van der Waals surface area contributed by atoms with Crippen molar-refractivity contribution < 1.29 is 71.4 Å². The minimum atomic E-state index is -2.48. The fraction of sp³-hybridized carbons (Fsp3) is 0.319. The predicted molar refractivity (Wildman–Crippen MR) is 402 cm³/mol. The molecule has 3 fully saturated rings. The molecule has 15 nitrogen and oxygen atoms in total. The standard InChI is InChI=1S/C91H94O15/c1-93-90-88(102-64-75-48-28-10-29-49-75)86(100-62-73-44-24-8-25-45-73)82(96-58-69-36-16-4-17-37-69)78(105-90)54-55-91(92)89(103-65-76-50-30-11-31-51-76)87(101-63-74-46-26-9-27-47-74)83(97-59-70-38-18-5-19-39-70)79(106-91)53-52-77-81(95-57-68-34-14-3-15-35-68)85(99-61-72-42-22-7-23-43-72)84(98-60-71-40-20-6-21-41-71)80(104-77)66-94-56-67-32-12-2-13-33-67/h2-51,77-90,92H,52-53,56-66H2,1H3/t77-,78+,79+,80+,81-,82-,83-,84-,85+,86-,87-,88+,89+,90+,91?/m0/s1. The summed E-state index contributed by atoms with van der Waals surface area (Å²) in [5.41, 5.74) is 9.34. The van der Waals surface area contributed by atoms with Crippen molar-refractivity contribution in [3.05, 3.63) is 359 Å². The summed E-state index contributed by atoms with van der Waals surface area (Å²) in [6, 6.07) is 99.7. The first-order valence-corrected chi connectivity index (χ1v) is 36.7. The fourth-order valence-electron chi connectivity index (χ4n) is 13.8. The number of methoxy groups -OCH3 is 1. The Morgan fingerprint density at radius 3 is 0.925 bits per heavy atom. The van der Waals surface area contributed by atoms with E-state index < -0.39 is 91.4 Å². The van der Waals surface area contributed by atoms with Crippen LogP contribution in [-0.4, -0.2) is 110 Å². The summed E-state index contributed by atoms with van der Waals surface area (Å²) in [5, 5.41) is 14.3. The molecule has 0 saturated carbocycles. The van der Waals surface area contributed by atoms with Crippen molar-refractivity contribution >= 4 is 0 Å². The van der Waals surface area contributed by atoms with E-state index in [4.69, 9.17) is 66.3 Å². The first-order chi connectivity index (χ1) is 52.4. The summed E-state index contributed by atoms with van der Waals surface area (Å²) in [5.74, 6) is 4.24. The highest BCUT2D eigenvalue weighted by Crippen LogP contribution is 2.41. The van der Waals surface area contributed by atoms with Gasteiger partial charge in [-0.2, -0.15) is 0 Å². The highest BCUT2D eigenvalue weighted by atomic mass is 16.7. The number of benzene rings is 10. The summed E-state index contributed by atoms with van der Waals surface area (Å²) in [6.45, 7) is 2.08. The molecular formula is C91H94O15. The molecular weight excluding hydrogens is 1330 g/mol. The van der Waals surface area contributed by atoms with Gasteiger partial charge in [0.2, 0.25) is 0 Å². The van der Waals surface area contributed by atoms with Crippen LogP contribution >= 0.6 is 0 Å². The van der Waals surface area contributed by atoms with Crippen molar-refractivity contribution in [1.29, 1.82) is 0 Å². The van der Waals surface area contributed by atoms with Crippen molar-refractivity contribution in [3.63, 3.8) is 0 Å². The molecule has 1 N–H and O–H groups in total. The Morgan fingerprint density at radius 2 is 0.566 bits per heavy atom. The molecule has 106 heavy (non-hydrogen) atoms. The van der Waals surface area contributed by atoms with E-state index in [-0.39, 0.29) is 78.9 Å². The Bertz CT molecular complexity index is 4150. The third kappa shape index (κ3) is 21.5. The average molecular weight is 1430 g/mol. The quantitative estimate of drug-likeness (QED) is 0.0375. The summed E-state index contributed by atoms with van der Waals surface area (Å²) < 4.78 is 99.2. The molecule has 548 valence electrons. The normalized spacial score (nSPS) is 25.1. The lowest BCUT2D eigenvalue weighted by Crippen LogP contribution is -2.66. The number of ether oxygens (including phenoxy) is 14. The van der Waals surface area contributed by atoms with E-state index >= 15 is 0 Å². The zero-order valence-corrected chi connectivity index (χ0v) is 59.8. The lowest BCUT2D eigenvalue weighted by molar-refractivity contribution is -0.345. The van der Waals surface area contributed by atoms with Gasteiger partial charge in [0.15, 0.2) is 12.4 Å². The van der Waals surface area contributed by atoms with Crippen LogP contribution in [0.15, 0.2) is 303 Å². The minimum Gasteiger partial charge on any atom is -0.374 e. The van der Waals surface area contributed by atoms with Crippen LogP contribution < -0.4 is 0 Å². The van der Waals surface area contributed by atoms with Gasteiger partial charge in [-0.05, 0) is 74.4 Å². The Balaban J connectivity index is 0.914. The maximum absolute atomic E-state index is 14.3. The first kappa shape index (κ1) is 75.4. The highest BCUT2D eigenvalue weighted by molar-refractivity contribution is 5.26. The summed E-state index contributed by atoms with van der Waals surface area (Å²) in [6.07, 6.45) is -12.3. The SMILES string of the molecule is CO[C@@H]1O[C@H](C#CC2(O)O[C@H](CC[C@@H]3O[C@H](COCc4ccccc4)[C@H](OCc4ccccc4)[C@H](OCc4ccccc4)[C@H]3OCc3ccccc3)[C@H](OCc3ccccc3)[C@H](OCc3ccccc3)[C@H]2OCc2ccccc2)[C@H](OCc2ccccc2)[C@H](OCc2ccccc2)[C@H]1OCc1ccccc1. The monoisotopic (exact) mass is 1430 g/mol. The topological polar surface area (TPSA) is 149 Å². The minimum absolute atomic E-state index is 0.0341. The zero-order valence-electron chi connectivity index (χ0n) is 59.8. The molecule has 10 aromatic rings. The van der Waals surface area contributed by atoms with E-state index in [0.717, 1.165) is 55.6 Å². The van der Waals surface area contributed by atoms with E-state index in [0.29, 0.717) is 6.61 Å². The predicted octanol–water partition coefficient (Wildman–Crippen LogP) is 15.5. The van der Waals surface area contributed by atoms with Crippen molar-refractivity contribution in [2.24, 2.45) is 0 Å². The van der Waals surface area contributed by atoms with Gasteiger partial charge in [-0.25, -0.2) is 0 Å². The highest BCUT2D eigenvalue weighted by Gasteiger charge is 2.58. The average Bonchev–Trinajstić information content (AvgIpc) is 0.750. The molecule has 1 unspecified atom stereocenters. The second-order valence-electron chi connectivity index (χ2n) is 26.9.